The molecule has 0 N–H and O–H groups in total. The molecule has 0 fully saturated rings. The second kappa shape index (κ2) is 3.43. The van der Waals surface area contributed by atoms with Crippen LogP contribution in [0.3, 0.4) is 0 Å². The molecular formula is C11H7FN2. The monoisotopic (exact) mass is 186 g/mol. The first-order valence-corrected chi connectivity index (χ1v) is 4.21. The van der Waals surface area contributed by atoms with E-state index >= 15 is 0 Å². The van der Waals surface area contributed by atoms with Gasteiger partial charge in [-0.1, -0.05) is 12.1 Å². The third-order valence-electron chi connectivity index (χ3n) is 2.00. The van der Waals surface area contributed by atoms with E-state index in [1.54, 1.807) is 18.2 Å². The van der Waals surface area contributed by atoms with Crippen molar-refractivity contribution >= 4 is 10.9 Å². The normalized spacial score (nSPS) is 10.0. The van der Waals surface area contributed by atoms with E-state index in [-0.39, 0.29) is 5.82 Å². The van der Waals surface area contributed by atoms with Crippen molar-refractivity contribution in [2.75, 3.05) is 0 Å². The lowest BCUT2D eigenvalue weighted by Gasteiger charge is -1.99. The molecule has 0 radical (unpaired) electrons. The summed E-state index contributed by atoms with van der Waals surface area (Å²) < 4.78 is 13.2. The summed E-state index contributed by atoms with van der Waals surface area (Å²) in [4.78, 5) is 3.97. The van der Waals surface area contributed by atoms with Crippen molar-refractivity contribution in [2.24, 2.45) is 0 Å². The summed E-state index contributed by atoms with van der Waals surface area (Å²) in [5.41, 5.74) is 1.17. The summed E-state index contributed by atoms with van der Waals surface area (Å²) in [7, 11) is 0. The topological polar surface area (TPSA) is 36.7 Å². The number of halogens is 1. The average molecular weight is 186 g/mol. The lowest BCUT2D eigenvalue weighted by atomic mass is 10.1. The van der Waals surface area contributed by atoms with Gasteiger partial charge in [0.15, 0.2) is 0 Å². The largest absolute Gasteiger partial charge is 0.253 e. The third kappa shape index (κ3) is 1.42. The van der Waals surface area contributed by atoms with Crippen molar-refractivity contribution in [3.05, 3.63) is 41.8 Å². The van der Waals surface area contributed by atoms with Crippen LogP contribution >= 0.6 is 0 Å². The average Bonchev–Trinajstić information content (AvgIpc) is 2.18. The third-order valence-corrected chi connectivity index (χ3v) is 2.00. The van der Waals surface area contributed by atoms with Crippen molar-refractivity contribution in [3.8, 4) is 6.07 Å². The highest BCUT2D eigenvalue weighted by atomic mass is 19.1. The van der Waals surface area contributed by atoms with Crippen LogP contribution in [0.5, 0.6) is 0 Å². The molecule has 3 heteroatoms. The first-order chi connectivity index (χ1) is 6.81. The fourth-order valence-corrected chi connectivity index (χ4v) is 1.36. The van der Waals surface area contributed by atoms with E-state index in [0.717, 1.165) is 10.9 Å². The molecule has 0 saturated carbocycles. The van der Waals surface area contributed by atoms with Gasteiger partial charge in [0.05, 0.1) is 12.5 Å². The fraction of sp³-hybridized carbons (Fsp3) is 0.0909. The molecule has 2 aromatic rings. The van der Waals surface area contributed by atoms with E-state index in [1.165, 1.54) is 12.3 Å². The smallest absolute Gasteiger partial charge is 0.149 e. The van der Waals surface area contributed by atoms with Crippen LogP contribution in [0, 0.1) is 17.1 Å². The number of hydrogen-bond donors (Lipinski definition) is 0. The van der Waals surface area contributed by atoms with Gasteiger partial charge in [0.2, 0.25) is 0 Å². The van der Waals surface area contributed by atoms with Gasteiger partial charge in [-0.3, -0.25) is 4.98 Å². The van der Waals surface area contributed by atoms with Gasteiger partial charge in [-0.05, 0) is 17.7 Å². The zero-order chi connectivity index (χ0) is 9.97. The zero-order valence-electron chi connectivity index (χ0n) is 7.37. The van der Waals surface area contributed by atoms with E-state index in [0.29, 0.717) is 11.9 Å². The van der Waals surface area contributed by atoms with Crippen molar-refractivity contribution in [2.45, 2.75) is 6.42 Å². The molecule has 1 aromatic carbocycles. The van der Waals surface area contributed by atoms with E-state index in [4.69, 9.17) is 5.26 Å². The summed E-state index contributed by atoms with van der Waals surface area (Å²) in [6.45, 7) is 0. The van der Waals surface area contributed by atoms with Gasteiger partial charge in [-0.25, -0.2) is 4.39 Å². The van der Waals surface area contributed by atoms with Gasteiger partial charge in [0.1, 0.15) is 11.3 Å². The summed E-state index contributed by atoms with van der Waals surface area (Å²) in [5.74, 6) is -0.328. The fourth-order valence-electron chi connectivity index (χ4n) is 1.36. The number of nitrogens with zero attached hydrogens (tertiary/aromatic N) is 2. The van der Waals surface area contributed by atoms with Crippen LogP contribution in [0.25, 0.3) is 10.9 Å². The predicted molar refractivity (Wildman–Crippen MR) is 51.0 cm³/mol. The van der Waals surface area contributed by atoms with Crippen LogP contribution in [0.4, 0.5) is 4.39 Å². The minimum Gasteiger partial charge on any atom is -0.253 e. The highest BCUT2D eigenvalue weighted by molar-refractivity contribution is 5.79. The molecular weight excluding hydrogens is 179 g/mol. The van der Waals surface area contributed by atoms with Crippen LogP contribution in [0.2, 0.25) is 0 Å². The Hall–Kier alpha value is -1.95. The molecule has 0 unspecified atom stereocenters. The maximum atomic E-state index is 13.2. The Morgan fingerprint density at radius 3 is 3.07 bits per heavy atom. The number of aromatic nitrogens is 1. The Labute approximate surface area is 80.6 Å². The first kappa shape index (κ1) is 8.64. The summed E-state index contributed by atoms with van der Waals surface area (Å²) >= 11 is 0. The molecule has 2 rings (SSSR count). The number of nitriles is 1. The Bertz CT molecular complexity index is 514. The highest BCUT2D eigenvalue weighted by Gasteiger charge is 2.01. The molecule has 1 heterocycles. The van der Waals surface area contributed by atoms with E-state index in [1.807, 2.05) is 6.07 Å². The molecule has 0 aliphatic heterocycles. The molecule has 2 nitrogen and oxygen atoms in total. The molecule has 0 bridgehead atoms. The molecule has 0 aliphatic rings. The second-order valence-corrected chi connectivity index (χ2v) is 2.99. The van der Waals surface area contributed by atoms with E-state index < -0.39 is 0 Å². The Morgan fingerprint density at radius 2 is 2.29 bits per heavy atom. The van der Waals surface area contributed by atoms with Crippen LogP contribution < -0.4 is 0 Å². The van der Waals surface area contributed by atoms with Gasteiger partial charge in [-0.15, -0.1) is 0 Å². The Morgan fingerprint density at radius 1 is 1.43 bits per heavy atom. The van der Waals surface area contributed by atoms with E-state index in [9.17, 15) is 4.39 Å². The molecule has 1 aromatic heterocycles. The van der Waals surface area contributed by atoms with Crippen LogP contribution in [-0.4, -0.2) is 4.98 Å². The quantitative estimate of drug-likeness (QED) is 0.685. The molecule has 0 saturated heterocycles. The standard InChI is InChI=1S/C11H7FN2/c12-10-3-1-2-9-6-8(4-5-13)7-14-11(9)10/h1-3,6-7H,4H2. The minimum atomic E-state index is -0.328. The number of fused-ring (bicyclic) bond motifs is 1. The number of pyridine rings is 1. The first-order valence-electron chi connectivity index (χ1n) is 4.21. The maximum absolute atomic E-state index is 13.2. The Kier molecular flexibility index (Phi) is 2.11. The predicted octanol–water partition coefficient (Wildman–Crippen LogP) is 2.44. The molecule has 14 heavy (non-hydrogen) atoms. The van der Waals surface area contributed by atoms with Gasteiger partial charge < -0.3 is 0 Å². The van der Waals surface area contributed by atoms with Crippen molar-refractivity contribution in [1.82, 2.24) is 4.98 Å². The zero-order valence-corrected chi connectivity index (χ0v) is 7.37. The summed E-state index contributed by atoms with van der Waals surface area (Å²) in [5, 5.41) is 9.23. The van der Waals surface area contributed by atoms with E-state index in [2.05, 4.69) is 4.98 Å². The molecule has 0 atom stereocenters. The van der Waals surface area contributed by atoms with Gasteiger partial charge in [0.25, 0.3) is 0 Å². The second-order valence-electron chi connectivity index (χ2n) is 2.99. The van der Waals surface area contributed by atoms with Crippen molar-refractivity contribution < 1.29 is 4.39 Å². The summed E-state index contributed by atoms with van der Waals surface area (Å²) in [6.07, 6.45) is 1.84. The SMILES string of the molecule is N#CCc1cnc2c(F)cccc2c1. The minimum absolute atomic E-state index is 0.305. The maximum Gasteiger partial charge on any atom is 0.149 e. The van der Waals surface area contributed by atoms with Gasteiger partial charge >= 0.3 is 0 Å². The van der Waals surface area contributed by atoms with Crippen LogP contribution in [0.1, 0.15) is 5.56 Å². The van der Waals surface area contributed by atoms with Crippen LogP contribution in [0.15, 0.2) is 30.5 Å². The molecule has 68 valence electrons. The summed E-state index contributed by atoms with van der Waals surface area (Å²) in [6, 6.07) is 8.61. The lowest BCUT2D eigenvalue weighted by Crippen LogP contribution is -1.88. The van der Waals surface area contributed by atoms with Crippen molar-refractivity contribution in [3.63, 3.8) is 0 Å². The van der Waals surface area contributed by atoms with Gasteiger partial charge in [-0.2, -0.15) is 5.26 Å². The highest BCUT2D eigenvalue weighted by Crippen LogP contribution is 2.16. The van der Waals surface area contributed by atoms with Crippen molar-refractivity contribution in [1.29, 1.82) is 5.26 Å². The Balaban J connectivity index is 2.63. The molecule has 0 aliphatic carbocycles. The number of rotatable bonds is 1. The number of hydrogen-bond acceptors (Lipinski definition) is 2. The number of para-hydroxylation sites is 1. The lowest BCUT2D eigenvalue weighted by molar-refractivity contribution is 0.637. The molecule has 0 spiro atoms. The van der Waals surface area contributed by atoms with Gasteiger partial charge in [0, 0.05) is 11.6 Å². The van der Waals surface area contributed by atoms with Crippen LogP contribution in [-0.2, 0) is 6.42 Å². The molecule has 0 amide bonds. The number of benzene rings is 1.